The lowest BCUT2D eigenvalue weighted by Gasteiger charge is -2.20. The molecule has 2 nitrogen and oxygen atoms in total. The lowest BCUT2D eigenvalue weighted by atomic mass is 10.00. The first kappa shape index (κ1) is 14.3. The second kappa shape index (κ2) is 6.90. The van der Waals surface area contributed by atoms with E-state index in [1.807, 2.05) is 6.92 Å². The molecule has 0 aromatic heterocycles. The maximum Gasteiger partial charge on any atom is 0.123 e. The number of rotatable bonds is 6. The molecule has 1 aromatic carbocycles. The van der Waals surface area contributed by atoms with Gasteiger partial charge >= 0.3 is 0 Å². The van der Waals surface area contributed by atoms with Gasteiger partial charge in [0.05, 0.1) is 6.61 Å². The highest BCUT2D eigenvalue weighted by Gasteiger charge is 2.25. The van der Waals surface area contributed by atoms with Crippen LogP contribution < -0.4 is 10.1 Å². The molecule has 19 heavy (non-hydrogen) atoms. The summed E-state index contributed by atoms with van der Waals surface area (Å²) in [6.45, 7) is 5.81. The molecular formula is C16H24FNO. The van der Waals surface area contributed by atoms with Crippen LogP contribution in [0.2, 0.25) is 0 Å². The van der Waals surface area contributed by atoms with Crippen molar-refractivity contribution in [3.8, 4) is 5.75 Å². The van der Waals surface area contributed by atoms with Crippen molar-refractivity contribution in [2.24, 2.45) is 5.92 Å². The summed E-state index contributed by atoms with van der Waals surface area (Å²) in [5.74, 6) is 1.33. The molecule has 0 spiro atoms. The second-order valence-corrected chi connectivity index (χ2v) is 5.40. The van der Waals surface area contributed by atoms with E-state index in [-0.39, 0.29) is 5.82 Å². The minimum absolute atomic E-state index is 0.201. The molecule has 2 unspecified atom stereocenters. The largest absolute Gasteiger partial charge is 0.493 e. The minimum atomic E-state index is -0.201. The number of ether oxygens (including phenoxy) is 1. The number of aryl methyl sites for hydroxylation is 1. The van der Waals surface area contributed by atoms with Crippen LogP contribution in [0.5, 0.6) is 5.75 Å². The standard InChI is InChI=1S/C16H24FNO/c1-3-18-15-6-4-5-13(15)9-10-19-16-8-7-14(17)11-12(16)2/h7-8,11,13,15,18H,3-6,9-10H2,1-2H3. The molecule has 0 heterocycles. The smallest absolute Gasteiger partial charge is 0.123 e. The Morgan fingerprint density at radius 3 is 2.95 bits per heavy atom. The van der Waals surface area contributed by atoms with Gasteiger partial charge in [0.2, 0.25) is 0 Å². The number of nitrogens with one attached hydrogen (secondary N) is 1. The normalized spacial score (nSPS) is 22.7. The molecular weight excluding hydrogens is 241 g/mol. The van der Waals surface area contributed by atoms with E-state index in [0.717, 1.165) is 36.8 Å². The third kappa shape index (κ3) is 3.93. The fourth-order valence-electron chi connectivity index (χ4n) is 3.01. The van der Waals surface area contributed by atoms with Crippen molar-refractivity contribution in [1.29, 1.82) is 0 Å². The van der Waals surface area contributed by atoms with Crippen LogP contribution in [-0.2, 0) is 0 Å². The van der Waals surface area contributed by atoms with Gasteiger partial charge in [-0.25, -0.2) is 4.39 Å². The molecule has 1 saturated carbocycles. The summed E-state index contributed by atoms with van der Waals surface area (Å²) in [6, 6.07) is 5.36. The maximum absolute atomic E-state index is 13.0. The molecule has 0 saturated heterocycles. The van der Waals surface area contributed by atoms with Crippen molar-refractivity contribution < 1.29 is 9.13 Å². The Morgan fingerprint density at radius 2 is 2.21 bits per heavy atom. The van der Waals surface area contributed by atoms with Crippen LogP contribution in [-0.4, -0.2) is 19.2 Å². The van der Waals surface area contributed by atoms with Crippen molar-refractivity contribution in [3.63, 3.8) is 0 Å². The SMILES string of the molecule is CCNC1CCCC1CCOc1ccc(F)cc1C. The third-order valence-electron chi connectivity index (χ3n) is 4.01. The zero-order valence-electron chi connectivity index (χ0n) is 11.9. The van der Waals surface area contributed by atoms with Crippen LogP contribution in [0.15, 0.2) is 18.2 Å². The molecule has 0 aliphatic heterocycles. The lowest BCUT2D eigenvalue weighted by molar-refractivity contribution is 0.259. The zero-order chi connectivity index (χ0) is 13.7. The zero-order valence-corrected chi connectivity index (χ0v) is 11.9. The molecule has 0 radical (unpaired) electrons. The van der Waals surface area contributed by atoms with Crippen molar-refractivity contribution >= 4 is 0 Å². The van der Waals surface area contributed by atoms with Crippen LogP contribution in [0.1, 0.15) is 38.2 Å². The van der Waals surface area contributed by atoms with Gasteiger partial charge in [0.15, 0.2) is 0 Å². The number of halogens is 1. The third-order valence-corrected chi connectivity index (χ3v) is 4.01. The Kier molecular flexibility index (Phi) is 5.20. The van der Waals surface area contributed by atoms with Gasteiger partial charge in [0.25, 0.3) is 0 Å². The molecule has 0 amide bonds. The fraction of sp³-hybridized carbons (Fsp3) is 0.625. The van der Waals surface area contributed by atoms with Gasteiger partial charge in [-0.05, 0) is 62.4 Å². The van der Waals surface area contributed by atoms with Gasteiger partial charge < -0.3 is 10.1 Å². The summed E-state index contributed by atoms with van der Waals surface area (Å²) in [7, 11) is 0. The Bertz CT molecular complexity index is 408. The Labute approximate surface area is 115 Å². The summed E-state index contributed by atoms with van der Waals surface area (Å²) < 4.78 is 18.8. The van der Waals surface area contributed by atoms with E-state index in [0.29, 0.717) is 6.04 Å². The van der Waals surface area contributed by atoms with Crippen LogP contribution >= 0.6 is 0 Å². The molecule has 3 heteroatoms. The Balaban J connectivity index is 1.79. The van der Waals surface area contributed by atoms with Gasteiger partial charge in [0, 0.05) is 6.04 Å². The van der Waals surface area contributed by atoms with Crippen molar-refractivity contribution in [1.82, 2.24) is 5.32 Å². The Hall–Kier alpha value is -1.09. The van der Waals surface area contributed by atoms with E-state index in [1.54, 1.807) is 6.07 Å². The second-order valence-electron chi connectivity index (χ2n) is 5.40. The molecule has 1 aliphatic rings. The fourth-order valence-corrected chi connectivity index (χ4v) is 3.01. The summed E-state index contributed by atoms with van der Waals surface area (Å²) in [6.07, 6.45) is 4.98. The summed E-state index contributed by atoms with van der Waals surface area (Å²) in [5, 5.41) is 3.56. The first-order valence-electron chi connectivity index (χ1n) is 7.33. The highest BCUT2D eigenvalue weighted by atomic mass is 19.1. The number of hydrogen-bond donors (Lipinski definition) is 1. The summed E-state index contributed by atoms with van der Waals surface area (Å²) in [4.78, 5) is 0. The predicted molar refractivity (Wildman–Crippen MR) is 76.1 cm³/mol. The molecule has 2 rings (SSSR count). The molecule has 1 aliphatic carbocycles. The summed E-state index contributed by atoms with van der Waals surface area (Å²) in [5.41, 5.74) is 0.870. The van der Waals surface area contributed by atoms with E-state index in [2.05, 4.69) is 12.2 Å². The van der Waals surface area contributed by atoms with E-state index in [9.17, 15) is 4.39 Å². The highest BCUT2D eigenvalue weighted by Crippen LogP contribution is 2.29. The minimum Gasteiger partial charge on any atom is -0.493 e. The highest BCUT2D eigenvalue weighted by molar-refractivity contribution is 5.32. The van der Waals surface area contributed by atoms with Crippen LogP contribution in [0.3, 0.4) is 0 Å². The molecule has 106 valence electrons. The molecule has 1 fully saturated rings. The van der Waals surface area contributed by atoms with E-state index >= 15 is 0 Å². The number of hydrogen-bond acceptors (Lipinski definition) is 2. The quantitative estimate of drug-likeness (QED) is 0.847. The Morgan fingerprint density at radius 1 is 1.37 bits per heavy atom. The van der Waals surface area contributed by atoms with Crippen molar-refractivity contribution in [2.75, 3.05) is 13.2 Å². The predicted octanol–water partition coefficient (Wildman–Crippen LogP) is 3.68. The average molecular weight is 265 g/mol. The molecule has 2 atom stereocenters. The lowest BCUT2D eigenvalue weighted by Crippen LogP contribution is -2.32. The maximum atomic E-state index is 13.0. The van der Waals surface area contributed by atoms with Crippen molar-refractivity contribution in [3.05, 3.63) is 29.6 Å². The van der Waals surface area contributed by atoms with Gasteiger partial charge in [-0.3, -0.25) is 0 Å². The molecule has 0 bridgehead atoms. The monoisotopic (exact) mass is 265 g/mol. The molecule has 1 N–H and O–H groups in total. The van der Waals surface area contributed by atoms with Crippen LogP contribution in [0.25, 0.3) is 0 Å². The van der Waals surface area contributed by atoms with Gasteiger partial charge in [-0.2, -0.15) is 0 Å². The van der Waals surface area contributed by atoms with E-state index in [4.69, 9.17) is 4.74 Å². The first-order chi connectivity index (χ1) is 9.20. The van der Waals surface area contributed by atoms with Gasteiger partial charge in [-0.1, -0.05) is 13.3 Å². The van der Waals surface area contributed by atoms with Crippen LogP contribution in [0, 0.1) is 18.7 Å². The first-order valence-corrected chi connectivity index (χ1v) is 7.33. The van der Waals surface area contributed by atoms with E-state index < -0.39 is 0 Å². The van der Waals surface area contributed by atoms with Crippen LogP contribution in [0.4, 0.5) is 4.39 Å². The van der Waals surface area contributed by atoms with Crippen molar-refractivity contribution in [2.45, 2.75) is 45.6 Å². The topological polar surface area (TPSA) is 21.3 Å². The van der Waals surface area contributed by atoms with E-state index in [1.165, 1.54) is 31.4 Å². The number of benzene rings is 1. The summed E-state index contributed by atoms with van der Waals surface area (Å²) >= 11 is 0. The van der Waals surface area contributed by atoms with Gasteiger partial charge in [-0.15, -0.1) is 0 Å². The average Bonchev–Trinajstić information content (AvgIpc) is 2.80. The molecule has 1 aromatic rings. The van der Waals surface area contributed by atoms with Gasteiger partial charge in [0.1, 0.15) is 11.6 Å².